The molecule has 0 spiro atoms. The Hall–Kier alpha value is -1.84. The van der Waals surface area contributed by atoms with Gasteiger partial charge in [-0.25, -0.2) is 0 Å². The minimum Gasteiger partial charge on any atom is -0.421 e. The lowest BCUT2D eigenvalue weighted by atomic mass is 10.3. The molecule has 0 aromatic carbocycles. The first-order chi connectivity index (χ1) is 8.70. The number of nitrogens with zero attached hydrogens (tertiary/aromatic N) is 3. The number of hydrogen-bond donors (Lipinski definition) is 0. The third-order valence-electron chi connectivity index (χ3n) is 2.70. The molecule has 0 radical (unpaired) electrons. The fourth-order valence-electron chi connectivity index (χ4n) is 1.80. The van der Waals surface area contributed by atoms with Gasteiger partial charge in [-0.2, -0.15) is 10.2 Å². The van der Waals surface area contributed by atoms with Gasteiger partial charge in [0, 0.05) is 19.0 Å². The third-order valence-corrected chi connectivity index (χ3v) is 3.63. The van der Waals surface area contributed by atoms with E-state index in [1.807, 2.05) is 37.7 Å². The molecule has 2 aromatic heterocycles. The SMILES string of the molecule is CN(C)c1oc(C2OC2c2cccs2)nc1C#N. The van der Waals surface area contributed by atoms with Crippen LogP contribution in [0.25, 0.3) is 0 Å². The summed E-state index contributed by atoms with van der Waals surface area (Å²) in [5.41, 5.74) is 0.301. The number of ether oxygens (including phenoxy) is 1. The quantitative estimate of drug-likeness (QED) is 0.794. The molecular formula is C12H11N3O2S. The summed E-state index contributed by atoms with van der Waals surface area (Å²) in [4.78, 5) is 7.07. The van der Waals surface area contributed by atoms with Gasteiger partial charge in [-0.3, -0.25) is 0 Å². The van der Waals surface area contributed by atoms with Crippen molar-refractivity contribution in [1.29, 1.82) is 5.26 Å². The van der Waals surface area contributed by atoms with E-state index in [0.717, 1.165) is 4.88 Å². The molecule has 3 rings (SSSR count). The average Bonchev–Trinajstić information content (AvgIpc) is 2.84. The van der Waals surface area contributed by atoms with Crippen LogP contribution in [0.1, 0.15) is 28.7 Å². The number of nitriles is 1. The second-order valence-corrected chi connectivity index (χ2v) is 5.18. The molecule has 1 aliphatic rings. The van der Waals surface area contributed by atoms with Gasteiger partial charge < -0.3 is 14.1 Å². The Balaban J connectivity index is 1.85. The highest BCUT2D eigenvalue weighted by Crippen LogP contribution is 2.52. The van der Waals surface area contributed by atoms with Crippen LogP contribution in [0.15, 0.2) is 21.9 Å². The van der Waals surface area contributed by atoms with Gasteiger partial charge in [0.2, 0.25) is 17.5 Å². The van der Waals surface area contributed by atoms with Crippen LogP contribution < -0.4 is 4.90 Å². The van der Waals surface area contributed by atoms with Crippen LogP contribution in [0.2, 0.25) is 0 Å². The van der Waals surface area contributed by atoms with E-state index in [1.165, 1.54) is 0 Å². The monoisotopic (exact) mass is 261 g/mol. The maximum Gasteiger partial charge on any atom is 0.234 e. The van der Waals surface area contributed by atoms with Gasteiger partial charge in [0.1, 0.15) is 12.2 Å². The Morgan fingerprint density at radius 1 is 1.44 bits per heavy atom. The van der Waals surface area contributed by atoms with E-state index >= 15 is 0 Å². The highest BCUT2D eigenvalue weighted by molar-refractivity contribution is 7.10. The van der Waals surface area contributed by atoms with E-state index < -0.39 is 0 Å². The first kappa shape index (κ1) is 11.3. The molecular weight excluding hydrogens is 250 g/mol. The van der Waals surface area contributed by atoms with Crippen molar-refractivity contribution >= 4 is 17.2 Å². The molecule has 2 atom stereocenters. The number of aromatic nitrogens is 1. The summed E-state index contributed by atoms with van der Waals surface area (Å²) < 4.78 is 11.2. The van der Waals surface area contributed by atoms with E-state index in [1.54, 1.807) is 16.2 Å². The highest BCUT2D eigenvalue weighted by Gasteiger charge is 2.46. The van der Waals surface area contributed by atoms with E-state index in [2.05, 4.69) is 4.98 Å². The average molecular weight is 261 g/mol. The molecule has 18 heavy (non-hydrogen) atoms. The topological polar surface area (TPSA) is 65.6 Å². The maximum absolute atomic E-state index is 8.99. The molecule has 1 saturated heterocycles. The maximum atomic E-state index is 8.99. The summed E-state index contributed by atoms with van der Waals surface area (Å²) in [5, 5.41) is 11.0. The van der Waals surface area contributed by atoms with Crippen molar-refractivity contribution < 1.29 is 9.15 Å². The Morgan fingerprint density at radius 2 is 2.28 bits per heavy atom. The standard InChI is InChI=1S/C12H11N3O2S/c1-15(2)12-7(6-13)14-11(17-12)10-9(16-10)8-4-3-5-18-8/h3-5,9-10H,1-2H3. The lowest BCUT2D eigenvalue weighted by Crippen LogP contribution is -2.08. The summed E-state index contributed by atoms with van der Waals surface area (Å²) >= 11 is 1.65. The number of thiophene rings is 1. The zero-order chi connectivity index (χ0) is 12.7. The van der Waals surface area contributed by atoms with E-state index in [0.29, 0.717) is 17.5 Å². The molecule has 1 fully saturated rings. The molecule has 2 aromatic rings. The Labute approximate surface area is 108 Å². The molecule has 5 nitrogen and oxygen atoms in total. The Bertz CT molecular complexity index is 597. The second kappa shape index (κ2) is 4.12. The molecule has 92 valence electrons. The van der Waals surface area contributed by atoms with E-state index in [4.69, 9.17) is 14.4 Å². The molecule has 0 bridgehead atoms. The van der Waals surface area contributed by atoms with Gasteiger partial charge in [0.15, 0.2) is 6.10 Å². The minimum absolute atomic E-state index is 0.0187. The predicted octanol–water partition coefficient (Wildman–Crippen LogP) is 2.49. The van der Waals surface area contributed by atoms with Gasteiger partial charge >= 0.3 is 0 Å². The van der Waals surface area contributed by atoms with Crippen LogP contribution in [0.4, 0.5) is 5.88 Å². The van der Waals surface area contributed by atoms with Gasteiger partial charge in [0.05, 0.1) is 0 Å². The Kier molecular flexibility index (Phi) is 2.58. The largest absolute Gasteiger partial charge is 0.421 e. The summed E-state index contributed by atoms with van der Waals surface area (Å²) in [7, 11) is 3.63. The molecule has 2 unspecified atom stereocenters. The predicted molar refractivity (Wildman–Crippen MR) is 66.4 cm³/mol. The van der Waals surface area contributed by atoms with Crippen LogP contribution in [-0.4, -0.2) is 19.1 Å². The third kappa shape index (κ3) is 1.78. The fourth-order valence-corrected chi connectivity index (χ4v) is 2.58. The van der Waals surface area contributed by atoms with Gasteiger partial charge in [-0.1, -0.05) is 6.07 Å². The molecule has 6 heteroatoms. The Morgan fingerprint density at radius 3 is 2.83 bits per heavy atom. The van der Waals surface area contributed by atoms with Crippen LogP contribution in [0.3, 0.4) is 0 Å². The van der Waals surface area contributed by atoms with Crippen molar-refractivity contribution in [3.05, 3.63) is 34.0 Å². The lowest BCUT2D eigenvalue weighted by molar-refractivity contribution is 0.345. The molecule has 0 N–H and O–H groups in total. The first-order valence-corrected chi connectivity index (χ1v) is 6.35. The van der Waals surface area contributed by atoms with Crippen LogP contribution in [0, 0.1) is 11.3 Å². The molecule has 0 saturated carbocycles. The summed E-state index contributed by atoms with van der Waals surface area (Å²) in [6.45, 7) is 0. The van der Waals surface area contributed by atoms with Gasteiger partial charge in [-0.15, -0.1) is 11.3 Å². The minimum atomic E-state index is -0.163. The van der Waals surface area contributed by atoms with Crippen molar-refractivity contribution in [2.24, 2.45) is 0 Å². The van der Waals surface area contributed by atoms with Gasteiger partial charge in [-0.05, 0) is 11.4 Å². The number of oxazole rings is 1. The fraction of sp³-hybridized carbons (Fsp3) is 0.333. The summed E-state index contributed by atoms with van der Waals surface area (Å²) in [6.07, 6.45) is -0.144. The smallest absolute Gasteiger partial charge is 0.234 e. The van der Waals surface area contributed by atoms with Crippen molar-refractivity contribution in [2.75, 3.05) is 19.0 Å². The van der Waals surface area contributed by atoms with Gasteiger partial charge in [0.25, 0.3) is 0 Å². The molecule has 3 heterocycles. The van der Waals surface area contributed by atoms with Crippen LogP contribution >= 0.6 is 11.3 Å². The van der Waals surface area contributed by atoms with Crippen LogP contribution in [0.5, 0.6) is 0 Å². The van der Waals surface area contributed by atoms with Crippen LogP contribution in [-0.2, 0) is 4.74 Å². The first-order valence-electron chi connectivity index (χ1n) is 5.47. The molecule has 0 amide bonds. The zero-order valence-electron chi connectivity index (χ0n) is 9.95. The molecule has 1 aliphatic heterocycles. The van der Waals surface area contributed by atoms with Crippen molar-refractivity contribution in [3.63, 3.8) is 0 Å². The van der Waals surface area contributed by atoms with Crippen molar-refractivity contribution in [2.45, 2.75) is 12.2 Å². The number of anilines is 1. The number of epoxide rings is 1. The highest BCUT2D eigenvalue weighted by atomic mass is 32.1. The van der Waals surface area contributed by atoms with Crippen molar-refractivity contribution in [3.8, 4) is 6.07 Å². The van der Waals surface area contributed by atoms with Crippen molar-refractivity contribution in [1.82, 2.24) is 4.98 Å². The van der Waals surface area contributed by atoms with E-state index in [9.17, 15) is 0 Å². The normalized spacial score (nSPS) is 21.6. The zero-order valence-corrected chi connectivity index (χ0v) is 10.8. The number of hydrogen-bond acceptors (Lipinski definition) is 6. The number of rotatable bonds is 3. The lowest BCUT2D eigenvalue weighted by Gasteiger charge is -2.05. The second-order valence-electron chi connectivity index (χ2n) is 4.20. The summed E-state index contributed by atoms with van der Waals surface area (Å²) in [6, 6.07) is 6.04. The molecule has 0 aliphatic carbocycles. The van der Waals surface area contributed by atoms with E-state index in [-0.39, 0.29) is 12.2 Å². The summed E-state index contributed by atoms with van der Waals surface area (Å²) in [5.74, 6) is 0.960.